The fraction of sp³-hybridized carbons (Fsp3) is 0.667. The van der Waals surface area contributed by atoms with Gasteiger partial charge in [0.2, 0.25) is 10.0 Å². The molecule has 0 aromatic carbocycles. The first-order chi connectivity index (χ1) is 8.27. The lowest BCUT2D eigenvalue weighted by Gasteiger charge is -2.24. The van der Waals surface area contributed by atoms with Gasteiger partial charge in [-0.05, 0) is 31.9 Å². The highest BCUT2D eigenvalue weighted by Gasteiger charge is 2.26. The lowest BCUT2D eigenvalue weighted by atomic mass is 10.3. The summed E-state index contributed by atoms with van der Waals surface area (Å²) in [6.07, 6.45) is 0. The van der Waals surface area contributed by atoms with Gasteiger partial charge in [0.15, 0.2) is 0 Å². The highest BCUT2D eigenvalue weighted by atomic mass is 35.5. The Balaban J connectivity index is 2.83. The quantitative estimate of drug-likeness (QED) is 0.756. The molecule has 1 aromatic heterocycles. The minimum atomic E-state index is -3.25. The number of thiophene rings is 1. The second-order valence-corrected chi connectivity index (χ2v) is 8.38. The number of sulfonamides is 1. The lowest BCUT2D eigenvalue weighted by Crippen LogP contribution is -2.33. The molecule has 0 amide bonds. The third-order valence-electron chi connectivity index (χ3n) is 2.92. The fourth-order valence-corrected chi connectivity index (χ4v) is 4.56. The number of hydrogen-bond donors (Lipinski definition) is 0. The van der Waals surface area contributed by atoms with Gasteiger partial charge in [0, 0.05) is 22.7 Å². The average molecular weight is 310 g/mol. The maximum absolute atomic E-state index is 12.2. The van der Waals surface area contributed by atoms with Crippen molar-refractivity contribution in [3.8, 4) is 0 Å². The van der Waals surface area contributed by atoms with E-state index < -0.39 is 10.0 Å². The largest absolute Gasteiger partial charge is 0.214 e. The van der Waals surface area contributed by atoms with Gasteiger partial charge in [-0.15, -0.1) is 22.9 Å². The second-order valence-electron chi connectivity index (χ2n) is 4.68. The molecule has 0 saturated heterocycles. The molecule has 0 aliphatic carbocycles. The molecule has 1 aromatic rings. The van der Waals surface area contributed by atoms with Gasteiger partial charge in [-0.3, -0.25) is 0 Å². The summed E-state index contributed by atoms with van der Waals surface area (Å²) < 4.78 is 25.8. The van der Waals surface area contributed by atoms with Gasteiger partial charge >= 0.3 is 0 Å². The molecule has 0 aliphatic rings. The van der Waals surface area contributed by atoms with E-state index in [1.807, 2.05) is 32.9 Å². The van der Waals surface area contributed by atoms with E-state index in [9.17, 15) is 8.42 Å². The molecule has 104 valence electrons. The Labute approximate surface area is 119 Å². The van der Waals surface area contributed by atoms with Crippen LogP contribution in [-0.4, -0.2) is 31.4 Å². The molecule has 0 N–H and O–H groups in total. The SMILES string of the molecule is Cc1ccc(C(C)N(C)S(=O)(=O)CC(C)CCl)s1. The number of alkyl halides is 1. The van der Waals surface area contributed by atoms with Gasteiger partial charge in [0.05, 0.1) is 11.8 Å². The Hall–Kier alpha value is -0.100. The van der Waals surface area contributed by atoms with E-state index in [1.165, 1.54) is 9.18 Å². The second kappa shape index (κ2) is 6.37. The number of rotatable bonds is 6. The van der Waals surface area contributed by atoms with Crippen molar-refractivity contribution >= 4 is 33.0 Å². The van der Waals surface area contributed by atoms with Crippen LogP contribution < -0.4 is 0 Å². The van der Waals surface area contributed by atoms with Crippen LogP contribution in [0.1, 0.15) is 29.6 Å². The Kier molecular flexibility index (Phi) is 5.65. The summed E-state index contributed by atoms with van der Waals surface area (Å²) in [6.45, 7) is 5.78. The molecule has 0 aliphatic heterocycles. The molecular formula is C12H20ClNO2S2. The Bertz CT molecular complexity index is 484. The third-order valence-corrected chi connectivity index (χ3v) is 6.80. The standard InChI is InChI=1S/C12H20ClNO2S2/c1-9(7-13)8-18(15,16)14(4)11(3)12-6-5-10(2)17-12/h5-6,9,11H,7-8H2,1-4H3. The Morgan fingerprint density at radius 2 is 2.00 bits per heavy atom. The van der Waals surface area contributed by atoms with E-state index in [4.69, 9.17) is 11.6 Å². The van der Waals surface area contributed by atoms with Crippen LogP contribution in [0.4, 0.5) is 0 Å². The van der Waals surface area contributed by atoms with Crippen LogP contribution in [0.5, 0.6) is 0 Å². The minimum Gasteiger partial charge on any atom is -0.212 e. The molecule has 2 unspecified atom stereocenters. The van der Waals surface area contributed by atoms with E-state index in [-0.39, 0.29) is 17.7 Å². The molecular weight excluding hydrogens is 290 g/mol. The predicted molar refractivity (Wildman–Crippen MR) is 78.9 cm³/mol. The highest BCUT2D eigenvalue weighted by molar-refractivity contribution is 7.89. The first-order valence-electron chi connectivity index (χ1n) is 5.86. The van der Waals surface area contributed by atoms with Gasteiger partial charge in [-0.25, -0.2) is 8.42 Å². The molecule has 6 heteroatoms. The number of nitrogens with zero attached hydrogens (tertiary/aromatic N) is 1. The monoisotopic (exact) mass is 309 g/mol. The summed E-state index contributed by atoms with van der Waals surface area (Å²) in [5.74, 6) is 0.428. The zero-order chi connectivity index (χ0) is 13.9. The van der Waals surface area contributed by atoms with Gasteiger partial charge < -0.3 is 0 Å². The molecule has 0 saturated carbocycles. The van der Waals surface area contributed by atoms with E-state index in [0.29, 0.717) is 5.88 Å². The van der Waals surface area contributed by atoms with E-state index in [1.54, 1.807) is 18.4 Å². The van der Waals surface area contributed by atoms with Crippen LogP contribution in [0.3, 0.4) is 0 Å². The summed E-state index contributed by atoms with van der Waals surface area (Å²) in [7, 11) is -1.62. The van der Waals surface area contributed by atoms with Crippen molar-refractivity contribution in [3.05, 3.63) is 21.9 Å². The molecule has 1 heterocycles. The topological polar surface area (TPSA) is 37.4 Å². The highest BCUT2D eigenvalue weighted by Crippen LogP contribution is 2.28. The van der Waals surface area contributed by atoms with Crippen LogP contribution in [0.25, 0.3) is 0 Å². The zero-order valence-electron chi connectivity index (χ0n) is 11.2. The molecule has 0 bridgehead atoms. The number of hydrogen-bond acceptors (Lipinski definition) is 3. The van der Waals surface area contributed by atoms with Gasteiger partial charge in [-0.1, -0.05) is 6.92 Å². The molecule has 3 nitrogen and oxygen atoms in total. The van der Waals surface area contributed by atoms with Crippen LogP contribution in [0, 0.1) is 12.8 Å². The average Bonchev–Trinajstić information content (AvgIpc) is 2.73. The van der Waals surface area contributed by atoms with Crippen LogP contribution in [0.2, 0.25) is 0 Å². The third kappa shape index (κ3) is 3.95. The molecule has 1 rings (SSSR count). The van der Waals surface area contributed by atoms with Gasteiger partial charge in [0.1, 0.15) is 0 Å². The maximum atomic E-state index is 12.2. The first kappa shape index (κ1) is 16.0. The molecule has 0 fully saturated rings. The van der Waals surface area contributed by atoms with Crippen molar-refractivity contribution in [3.63, 3.8) is 0 Å². The summed E-state index contributed by atoms with van der Waals surface area (Å²) >= 11 is 7.31. The molecule has 0 radical (unpaired) electrons. The summed E-state index contributed by atoms with van der Waals surface area (Å²) in [5, 5.41) is 0. The fourth-order valence-electron chi connectivity index (χ4n) is 1.62. The lowest BCUT2D eigenvalue weighted by molar-refractivity contribution is 0.399. The zero-order valence-corrected chi connectivity index (χ0v) is 13.6. The summed E-state index contributed by atoms with van der Waals surface area (Å²) in [6, 6.07) is 3.87. The van der Waals surface area contributed by atoms with Crippen molar-refractivity contribution in [2.24, 2.45) is 5.92 Å². The van der Waals surface area contributed by atoms with Crippen molar-refractivity contribution in [2.45, 2.75) is 26.8 Å². The normalized spacial score (nSPS) is 15.9. The molecule has 2 atom stereocenters. The molecule has 18 heavy (non-hydrogen) atoms. The van der Waals surface area contributed by atoms with Gasteiger partial charge in [-0.2, -0.15) is 4.31 Å². The van der Waals surface area contributed by atoms with Crippen molar-refractivity contribution < 1.29 is 8.42 Å². The van der Waals surface area contributed by atoms with E-state index in [0.717, 1.165) is 4.88 Å². The van der Waals surface area contributed by atoms with Crippen LogP contribution >= 0.6 is 22.9 Å². The molecule has 0 spiro atoms. The minimum absolute atomic E-state index is 0.0311. The number of halogens is 1. The van der Waals surface area contributed by atoms with E-state index in [2.05, 4.69) is 0 Å². The van der Waals surface area contributed by atoms with Crippen LogP contribution in [-0.2, 0) is 10.0 Å². The Morgan fingerprint density at radius 3 is 2.44 bits per heavy atom. The maximum Gasteiger partial charge on any atom is 0.214 e. The number of aryl methyl sites for hydroxylation is 1. The smallest absolute Gasteiger partial charge is 0.212 e. The van der Waals surface area contributed by atoms with Crippen LogP contribution in [0.15, 0.2) is 12.1 Å². The summed E-state index contributed by atoms with van der Waals surface area (Å²) in [5.41, 5.74) is 0. The van der Waals surface area contributed by atoms with Gasteiger partial charge in [0.25, 0.3) is 0 Å². The van der Waals surface area contributed by atoms with Crippen molar-refractivity contribution in [1.82, 2.24) is 4.31 Å². The Morgan fingerprint density at radius 1 is 1.39 bits per heavy atom. The summed E-state index contributed by atoms with van der Waals surface area (Å²) in [4.78, 5) is 2.26. The van der Waals surface area contributed by atoms with Crippen molar-refractivity contribution in [1.29, 1.82) is 0 Å². The first-order valence-corrected chi connectivity index (χ1v) is 8.82. The predicted octanol–water partition coefficient (Wildman–Crippen LogP) is 3.25. The van der Waals surface area contributed by atoms with E-state index >= 15 is 0 Å². The van der Waals surface area contributed by atoms with Crippen molar-refractivity contribution in [2.75, 3.05) is 18.7 Å².